The van der Waals surface area contributed by atoms with E-state index in [4.69, 9.17) is 0 Å². The van der Waals surface area contributed by atoms with E-state index in [-0.39, 0.29) is 10.8 Å². The molecular weight excluding hydrogens is 524 g/mol. The number of rotatable bonds is 3. The van der Waals surface area contributed by atoms with Gasteiger partial charge in [-0.05, 0) is 95.6 Å². The van der Waals surface area contributed by atoms with Crippen molar-refractivity contribution in [3.05, 3.63) is 131 Å². The van der Waals surface area contributed by atoms with Crippen molar-refractivity contribution in [2.75, 3.05) is 19.0 Å². The third-order valence-electron chi connectivity index (χ3n) is 10.2. The SMILES string of the molecule is CN1/C(=C/C=C2\CCCC(/C=C/C3=[N+](C)c4ccc5ccccc5c4C3(C)C)=C2O)C(C)(C)c2c1ccc1ccccc21. The van der Waals surface area contributed by atoms with E-state index in [9.17, 15) is 5.11 Å². The Balaban J connectivity index is 1.22. The standard InChI is InChI=1S/C40H40N2O/c1-39(2)34(41(5)32-22-18-26-12-7-9-16-30(26)36(32)39)24-20-28-14-11-15-29(38(28)43)21-25-35-40(3,4)37-31-17-10-8-13-27(31)19-23-33(37)42(35)6/h7-10,12-13,16-25H,11,14-15H2,1-6H3/p+1/b28-20+,34-24+. The first-order valence-electron chi connectivity index (χ1n) is 15.5. The molecule has 43 heavy (non-hydrogen) atoms. The molecule has 0 aromatic heterocycles. The summed E-state index contributed by atoms with van der Waals surface area (Å²) in [6.07, 6.45) is 11.6. The molecule has 0 bridgehead atoms. The predicted molar refractivity (Wildman–Crippen MR) is 182 cm³/mol. The zero-order chi connectivity index (χ0) is 30.1. The molecule has 216 valence electrons. The van der Waals surface area contributed by atoms with Crippen LogP contribution in [0.3, 0.4) is 0 Å². The number of hydrogen-bond donors (Lipinski definition) is 1. The van der Waals surface area contributed by atoms with Gasteiger partial charge in [-0.2, -0.15) is 4.58 Å². The van der Waals surface area contributed by atoms with Gasteiger partial charge in [-0.25, -0.2) is 0 Å². The zero-order valence-electron chi connectivity index (χ0n) is 26.2. The summed E-state index contributed by atoms with van der Waals surface area (Å²) in [5, 5.41) is 16.7. The first-order chi connectivity index (χ1) is 20.6. The van der Waals surface area contributed by atoms with Crippen molar-refractivity contribution in [2.24, 2.45) is 0 Å². The lowest BCUT2D eigenvalue weighted by molar-refractivity contribution is -0.401. The maximum absolute atomic E-state index is 11.5. The molecule has 3 nitrogen and oxygen atoms in total. The monoisotopic (exact) mass is 565 g/mol. The summed E-state index contributed by atoms with van der Waals surface area (Å²) in [7, 11) is 4.32. The first-order valence-corrected chi connectivity index (χ1v) is 15.5. The fourth-order valence-corrected chi connectivity index (χ4v) is 7.98. The molecule has 1 N–H and O–H groups in total. The number of nitrogens with zero attached hydrogens (tertiary/aromatic N) is 2. The first kappa shape index (κ1) is 27.5. The van der Waals surface area contributed by atoms with Crippen LogP contribution in [-0.4, -0.2) is 29.5 Å². The van der Waals surface area contributed by atoms with Crippen molar-refractivity contribution in [1.82, 2.24) is 0 Å². The highest BCUT2D eigenvalue weighted by Gasteiger charge is 2.44. The van der Waals surface area contributed by atoms with Crippen LogP contribution in [0.25, 0.3) is 21.5 Å². The Morgan fingerprint density at radius 3 is 2.12 bits per heavy atom. The number of aliphatic hydroxyl groups is 1. The van der Waals surface area contributed by atoms with Gasteiger partial charge in [0, 0.05) is 41.6 Å². The number of anilines is 1. The molecule has 0 saturated carbocycles. The van der Waals surface area contributed by atoms with Crippen LogP contribution in [0.4, 0.5) is 11.4 Å². The van der Waals surface area contributed by atoms with E-state index in [1.807, 2.05) is 0 Å². The van der Waals surface area contributed by atoms with Crippen LogP contribution < -0.4 is 4.90 Å². The molecule has 0 atom stereocenters. The quantitative estimate of drug-likeness (QED) is 0.250. The van der Waals surface area contributed by atoms with E-state index in [2.05, 4.69) is 148 Å². The lowest BCUT2D eigenvalue weighted by Crippen LogP contribution is -2.27. The molecule has 0 unspecified atom stereocenters. The second-order valence-corrected chi connectivity index (χ2v) is 13.4. The van der Waals surface area contributed by atoms with Crippen LogP contribution in [0.2, 0.25) is 0 Å². The van der Waals surface area contributed by atoms with Crippen molar-refractivity contribution >= 4 is 38.6 Å². The van der Waals surface area contributed by atoms with Gasteiger partial charge in [0.15, 0.2) is 5.71 Å². The number of benzene rings is 4. The van der Waals surface area contributed by atoms with E-state index < -0.39 is 0 Å². The number of hydrogen-bond acceptors (Lipinski definition) is 2. The summed E-state index contributed by atoms with van der Waals surface area (Å²) < 4.78 is 2.32. The maximum Gasteiger partial charge on any atom is 0.210 e. The van der Waals surface area contributed by atoms with Crippen molar-refractivity contribution in [1.29, 1.82) is 0 Å². The number of fused-ring (bicyclic) bond motifs is 6. The molecule has 0 spiro atoms. The molecule has 0 radical (unpaired) electrons. The zero-order valence-corrected chi connectivity index (χ0v) is 26.2. The van der Waals surface area contributed by atoms with Gasteiger partial charge >= 0.3 is 0 Å². The number of likely N-dealkylation sites (N-methyl/N-ethyl adjacent to an activating group) is 1. The van der Waals surface area contributed by atoms with E-state index in [1.54, 1.807) is 0 Å². The fraction of sp³-hybridized carbons (Fsp3) is 0.275. The summed E-state index contributed by atoms with van der Waals surface area (Å²) in [6.45, 7) is 9.26. The predicted octanol–water partition coefficient (Wildman–Crippen LogP) is 9.79. The van der Waals surface area contributed by atoms with Crippen molar-refractivity contribution < 1.29 is 9.68 Å². The molecular formula is C40H41N2O+. The largest absolute Gasteiger partial charge is 0.507 e. The fourth-order valence-electron chi connectivity index (χ4n) is 7.98. The summed E-state index contributed by atoms with van der Waals surface area (Å²) in [5.74, 6) is 0.433. The Labute approximate surface area is 255 Å². The van der Waals surface area contributed by atoms with Crippen LogP contribution in [-0.2, 0) is 10.8 Å². The highest BCUT2D eigenvalue weighted by Crippen LogP contribution is 2.50. The molecule has 4 aromatic rings. The third kappa shape index (κ3) is 4.12. The van der Waals surface area contributed by atoms with Gasteiger partial charge in [0.25, 0.3) is 0 Å². The van der Waals surface area contributed by atoms with E-state index in [0.717, 1.165) is 30.4 Å². The van der Waals surface area contributed by atoms with Crippen LogP contribution in [0.15, 0.2) is 120 Å². The van der Waals surface area contributed by atoms with Crippen LogP contribution in [0.1, 0.15) is 58.1 Å². The molecule has 3 aliphatic rings. The second kappa shape index (κ2) is 9.84. The molecule has 2 heterocycles. The lowest BCUT2D eigenvalue weighted by Gasteiger charge is -2.24. The smallest absolute Gasteiger partial charge is 0.210 e. The Kier molecular flexibility index (Phi) is 6.28. The van der Waals surface area contributed by atoms with Gasteiger partial charge in [0.1, 0.15) is 12.8 Å². The molecule has 0 amide bonds. The summed E-state index contributed by atoms with van der Waals surface area (Å²) >= 11 is 0. The topological polar surface area (TPSA) is 26.5 Å². The van der Waals surface area contributed by atoms with Crippen molar-refractivity contribution in [3.8, 4) is 0 Å². The summed E-state index contributed by atoms with van der Waals surface area (Å²) in [5.41, 5.74) is 9.50. The van der Waals surface area contributed by atoms with Gasteiger partial charge in [-0.15, -0.1) is 0 Å². The van der Waals surface area contributed by atoms with Gasteiger partial charge < -0.3 is 10.0 Å². The molecule has 4 aromatic carbocycles. The number of aliphatic hydroxyl groups excluding tert-OH is 1. The lowest BCUT2D eigenvalue weighted by atomic mass is 9.78. The Bertz CT molecular complexity index is 1980. The van der Waals surface area contributed by atoms with E-state index in [1.165, 1.54) is 55.5 Å². The Hall–Kier alpha value is -4.37. The normalized spacial score (nSPS) is 21.2. The van der Waals surface area contributed by atoms with Gasteiger partial charge in [-0.1, -0.05) is 74.5 Å². The molecule has 0 fully saturated rings. The molecule has 7 rings (SSSR count). The van der Waals surface area contributed by atoms with Gasteiger partial charge in [0.05, 0.1) is 5.41 Å². The second-order valence-electron chi connectivity index (χ2n) is 13.4. The third-order valence-corrected chi connectivity index (χ3v) is 10.2. The Morgan fingerprint density at radius 1 is 0.744 bits per heavy atom. The summed E-state index contributed by atoms with van der Waals surface area (Å²) in [4.78, 5) is 2.32. The molecule has 1 aliphatic carbocycles. The minimum Gasteiger partial charge on any atom is -0.507 e. The highest BCUT2D eigenvalue weighted by molar-refractivity contribution is 6.07. The van der Waals surface area contributed by atoms with Gasteiger partial charge in [-0.3, -0.25) is 0 Å². The minimum atomic E-state index is -0.146. The van der Waals surface area contributed by atoms with Crippen molar-refractivity contribution in [3.63, 3.8) is 0 Å². The highest BCUT2D eigenvalue weighted by atomic mass is 16.3. The van der Waals surface area contributed by atoms with Gasteiger partial charge in [0.2, 0.25) is 5.69 Å². The summed E-state index contributed by atoms with van der Waals surface area (Å²) in [6, 6.07) is 26.3. The van der Waals surface area contributed by atoms with Crippen LogP contribution in [0, 0.1) is 0 Å². The van der Waals surface area contributed by atoms with Crippen LogP contribution in [0.5, 0.6) is 0 Å². The van der Waals surface area contributed by atoms with Crippen LogP contribution >= 0.6 is 0 Å². The number of allylic oxidation sites excluding steroid dienone is 7. The molecule has 0 saturated heterocycles. The minimum absolute atomic E-state index is 0.146. The average Bonchev–Trinajstić information content (AvgIpc) is 3.33. The molecule has 2 aliphatic heterocycles. The van der Waals surface area contributed by atoms with Crippen molar-refractivity contribution in [2.45, 2.75) is 57.8 Å². The average molecular weight is 566 g/mol. The van der Waals surface area contributed by atoms with E-state index >= 15 is 0 Å². The van der Waals surface area contributed by atoms with E-state index in [0.29, 0.717) is 5.76 Å². The Morgan fingerprint density at radius 2 is 1.40 bits per heavy atom. The maximum atomic E-state index is 11.5. The molecule has 3 heteroatoms.